The number of aryl methyl sites for hydroxylation is 1. The van der Waals surface area contributed by atoms with Crippen molar-refractivity contribution in [1.82, 2.24) is 5.32 Å². The van der Waals surface area contributed by atoms with Crippen LogP contribution in [0, 0.1) is 6.92 Å². The van der Waals surface area contributed by atoms with Crippen molar-refractivity contribution in [2.45, 2.75) is 20.8 Å². The number of imide groups is 2. The first-order valence-electron chi connectivity index (χ1n) is 10.7. The number of amides is 4. The van der Waals surface area contributed by atoms with E-state index in [9.17, 15) is 14.4 Å². The molecule has 1 aliphatic rings. The predicted octanol–water partition coefficient (Wildman–Crippen LogP) is 4.61. The molecule has 0 radical (unpaired) electrons. The minimum Gasteiger partial charge on any atom is -0.494 e. The van der Waals surface area contributed by atoms with Crippen LogP contribution in [0.5, 0.6) is 11.5 Å². The van der Waals surface area contributed by atoms with Crippen LogP contribution in [0.25, 0.3) is 16.8 Å². The lowest BCUT2D eigenvalue weighted by atomic mass is 9.99. The second-order valence-corrected chi connectivity index (χ2v) is 7.47. The zero-order valence-corrected chi connectivity index (χ0v) is 18.7. The molecule has 0 aliphatic carbocycles. The maximum absolute atomic E-state index is 13.4. The van der Waals surface area contributed by atoms with Gasteiger partial charge in [-0.25, -0.2) is 9.69 Å². The Hall–Kier alpha value is -4.13. The second kappa shape index (κ2) is 9.16. The molecule has 1 saturated heterocycles. The maximum Gasteiger partial charge on any atom is 0.335 e. The number of nitrogens with one attached hydrogen (secondary N) is 1. The number of hydrogen-bond donors (Lipinski definition) is 1. The number of ether oxygens (including phenoxy) is 2. The lowest BCUT2D eigenvalue weighted by molar-refractivity contribution is -0.122. The molecule has 0 bridgehead atoms. The van der Waals surface area contributed by atoms with E-state index in [1.807, 2.05) is 44.2 Å². The van der Waals surface area contributed by atoms with Crippen molar-refractivity contribution < 1.29 is 23.9 Å². The maximum atomic E-state index is 13.4. The molecule has 1 N–H and O–H groups in total. The summed E-state index contributed by atoms with van der Waals surface area (Å²) in [5.74, 6) is -0.269. The van der Waals surface area contributed by atoms with Gasteiger partial charge < -0.3 is 9.47 Å². The second-order valence-electron chi connectivity index (χ2n) is 7.47. The molecule has 1 aliphatic heterocycles. The first-order valence-corrected chi connectivity index (χ1v) is 10.7. The highest BCUT2D eigenvalue weighted by Crippen LogP contribution is 2.34. The smallest absolute Gasteiger partial charge is 0.335 e. The van der Waals surface area contributed by atoms with Gasteiger partial charge in [-0.05, 0) is 67.4 Å². The number of urea groups is 1. The van der Waals surface area contributed by atoms with Crippen molar-refractivity contribution in [3.63, 3.8) is 0 Å². The Morgan fingerprint density at radius 1 is 0.939 bits per heavy atom. The zero-order chi connectivity index (χ0) is 23.5. The number of barbiturate groups is 1. The molecule has 3 aromatic rings. The number of nitrogens with zero attached hydrogens (tertiary/aromatic N) is 1. The Morgan fingerprint density at radius 2 is 1.67 bits per heavy atom. The van der Waals surface area contributed by atoms with E-state index < -0.39 is 17.8 Å². The van der Waals surface area contributed by atoms with E-state index in [1.165, 1.54) is 6.08 Å². The number of para-hydroxylation sites is 1. The van der Waals surface area contributed by atoms with Gasteiger partial charge in [0.05, 0.1) is 18.9 Å². The van der Waals surface area contributed by atoms with E-state index in [0.29, 0.717) is 36.0 Å². The van der Waals surface area contributed by atoms with E-state index in [-0.39, 0.29) is 5.57 Å². The van der Waals surface area contributed by atoms with Gasteiger partial charge in [-0.3, -0.25) is 14.9 Å². The predicted molar refractivity (Wildman–Crippen MR) is 126 cm³/mol. The molecule has 0 atom stereocenters. The molecule has 0 aromatic heterocycles. The molecular formula is C26H24N2O5. The van der Waals surface area contributed by atoms with Crippen LogP contribution >= 0.6 is 0 Å². The van der Waals surface area contributed by atoms with E-state index in [1.54, 1.807) is 31.2 Å². The fraction of sp³-hybridized carbons (Fsp3) is 0.192. The largest absolute Gasteiger partial charge is 0.494 e. The van der Waals surface area contributed by atoms with Crippen molar-refractivity contribution >= 4 is 40.4 Å². The fourth-order valence-electron chi connectivity index (χ4n) is 3.82. The van der Waals surface area contributed by atoms with Crippen molar-refractivity contribution in [2.24, 2.45) is 0 Å². The molecule has 168 valence electrons. The number of fused-ring (bicyclic) bond motifs is 1. The van der Waals surface area contributed by atoms with Gasteiger partial charge >= 0.3 is 6.03 Å². The first kappa shape index (κ1) is 22.1. The van der Waals surface area contributed by atoms with Crippen LogP contribution in [0.15, 0.2) is 60.2 Å². The summed E-state index contributed by atoms with van der Waals surface area (Å²) in [6.07, 6.45) is 1.48. The molecule has 0 unspecified atom stereocenters. The fourth-order valence-corrected chi connectivity index (χ4v) is 3.82. The van der Waals surface area contributed by atoms with Crippen LogP contribution < -0.4 is 19.7 Å². The molecular weight excluding hydrogens is 420 g/mol. The third kappa shape index (κ3) is 4.17. The number of carbonyl (C=O) groups is 3. The SMILES string of the molecule is CCOc1ccc2ccc(OCC)c(/C=C3\C(=O)NC(=O)N(c4ccccc4C)C3=O)c2c1. The number of hydrogen-bond acceptors (Lipinski definition) is 5. The Morgan fingerprint density at radius 3 is 2.39 bits per heavy atom. The van der Waals surface area contributed by atoms with Gasteiger partial charge in [0, 0.05) is 5.56 Å². The average Bonchev–Trinajstić information content (AvgIpc) is 2.79. The van der Waals surface area contributed by atoms with Gasteiger partial charge in [0.1, 0.15) is 17.1 Å². The number of rotatable bonds is 6. The van der Waals surface area contributed by atoms with Crippen LogP contribution in [0.1, 0.15) is 25.0 Å². The van der Waals surface area contributed by atoms with Gasteiger partial charge in [-0.1, -0.05) is 30.3 Å². The van der Waals surface area contributed by atoms with E-state index in [2.05, 4.69) is 5.32 Å². The minimum atomic E-state index is -0.780. The Labute approximate surface area is 191 Å². The summed E-state index contributed by atoms with van der Waals surface area (Å²) in [7, 11) is 0. The van der Waals surface area contributed by atoms with Crippen LogP contribution in [0.4, 0.5) is 10.5 Å². The summed E-state index contributed by atoms with van der Waals surface area (Å²) in [6, 6.07) is 15.5. The van der Waals surface area contributed by atoms with Gasteiger partial charge in [-0.2, -0.15) is 0 Å². The van der Waals surface area contributed by atoms with Gasteiger partial charge in [0.25, 0.3) is 11.8 Å². The standard InChI is InChI=1S/C26H24N2O5/c1-4-32-18-12-10-17-11-13-23(33-5-2)20(19(17)14-18)15-21-24(29)27-26(31)28(25(21)30)22-9-7-6-8-16(22)3/h6-15H,4-5H2,1-3H3,(H,27,29,31)/b21-15+. The number of anilines is 1. The van der Waals surface area contributed by atoms with Crippen LogP contribution in [-0.4, -0.2) is 31.1 Å². The molecule has 0 saturated carbocycles. The molecule has 4 amide bonds. The Bertz CT molecular complexity index is 1290. The normalized spacial score (nSPS) is 15.2. The van der Waals surface area contributed by atoms with Gasteiger partial charge in [-0.15, -0.1) is 0 Å². The summed E-state index contributed by atoms with van der Waals surface area (Å²) in [5, 5.41) is 3.94. The molecule has 1 heterocycles. The van der Waals surface area contributed by atoms with Crippen molar-refractivity contribution in [2.75, 3.05) is 18.1 Å². The van der Waals surface area contributed by atoms with Crippen LogP contribution in [0.3, 0.4) is 0 Å². The molecule has 7 nitrogen and oxygen atoms in total. The van der Waals surface area contributed by atoms with E-state index in [0.717, 1.165) is 21.2 Å². The monoisotopic (exact) mass is 444 g/mol. The third-order valence-electron chi connectivity index (χ3n) is 5.35. The van der Waals surface area contributed by atoms with E-state index in [4.69, 9.17) is 9.47 Å². The number of carbonyl (C=O) groups excluding carboxylic acids is 3. The molecule has 33 heavy (non-hydrogen) atoms. The topological polar surface area (TPSA) is 84.9 Å². The lowest BCUT2D eigenvalue weighted by Gasteiger charge is -2.27. The highest BCUT2D eigenvalue weighted by Gasteiger charge is 2.37. The Balaban J connectivity index is 1.89. The summed E-state index contributed by atoms with van der Waals surface area (Å²) in [6.45, 7) is 6.45. The molecule has 4 rings (SSSR count). The van der Waals surface area contributed by atoms with Crippen molar-refractivity contribution in [3.8, 4) is 11.5 Å². The highest BCUT2D eigenvalue weighted by molar-refractivity contribution is 6.39. The molecule has 3 aromatic carbocycles. The molecule has 7 heteroatoms. The lowest BCUT2D eigenvalue weighted by Crippen LogP contribution is -2.54. The first-order chi connectivity index (χ1) is 15.9. The zero-order valence-electron chi connectivity index (χ0n) is 18.7. The van der Waals surface area contributed by atoms with Crippen LogP contribution in [0.2, 0.25) is 0 Å². The third-order valence-corrected chi connectivity index (χ3v) is 5.35. The van der Waals surface area contributed by atoms with E-state index >= 15 is 0 Å². The number of benzene rings is 3. The summed E-state index contributed by atoms with van der Waals surface area (Å²) < 4.78 is 11.4. The van der Waals surface area contributed by atoms with Crippen molar-refractivity contribution in [3.05, 3.63) is 71.3 Å². The summed E-state index contributed by atoms with van der Waals surface area (Å²) in [4.78, 5) is 39.7. The minimum absolute atomic E-state index is 0.159. The van der Waals surface area contributed by atoms with Gasteiger partial charge in [0.15, 0.2) is 0 Å². The molecule has 0 spiro atoms. The average molecular weight is 444 g/mol. The quantitative estimate of drug-likeness (QED) is 0.443. The van der Waals surface area contributed by atoms with Crippen molar-refractivity contribution in [1.29, 1.82) is 0 Å². The van der Waals surface area contributed by atoms with Gasteiger partial charge in [0.2, 0.25) is 0 Å². The Kier molecular flexibility index (Phi) is 6.13. The summed E-state index contributed by atoms with van der Waals surface area (Å²) >= 11 is 0. The van der Waals surface area contributed by atoms with Crippen LogP contribution in [-0.2, 0) is 9.59 Å². The summed E-state index contributed by atoms with van der Waals surface area (Å²) in [5.41, 5.74) is 1.55. The highest BCUT2D eigenvalue weighted by atomic mass is 16.5. The molecule has 1 fully saturated rings.